The van der Waals surface area contributed by atoms with Crippen molar-refractivity contribution in [2.75, 3.05) is 20.3 Å². The lowest BCUT2D eigenvalue weighted by atomic mass is 9.96. The van der Waals surface area contributed by atoms with Crippen molar-refractivity contribution in [1.29, 1.82) is 0 Å². The Morgan fingerprint density at radius 2 is 2.00 bits per heavy atom. The number of hydrogen-bond donors (Lipinski definition) is 1. The maximum Gasteiger partial charge on any atom is 0.295 e. The maximum atomic E-state index is 13.0. The number of aliphatic hydroxyl groups excluding tert-OH is 1. The largest absolute Gasteiger partial charge is 0.507 e. The van der Waals surface area contributed by atoms with Gasteiger partial charge in [-0.05, 0) is 63.4 Å². The summed E-state index contributed by atoms with van der Waals surface area (Å²) < 4.78 is 16.6. The third kappa shape index (κ3) is 4.51. The van der Waals surface area contributed by atoms with Crippen LogP contribution in [0.4, 0.5) is 0 Å². The molecule has 1 aliphatic heterocycles. The molecule has 0 spiro atoms. The second-order valence-corrected chi connectivity index (χ2v) is 7.94. The highest BCUT2D eigenvalue weighted by Gasteiger charge is 2.47. The highest BCUT2D eigenvalue weighted by atomic mass is 16.5. The Hall–Kier alpha value is -3.06. The molecular weight excluding hydrogens is 398 g/mol. The summed E-state index contributed by atoms with van der Waals surface area (Å²) >= 11 is 0. The fraction of sp³-hybridized carbons (Fsp3) is 0.417. The standard InChI is InChI=1S/C24H29NO6/c1-14(2)30-11-7-9-25-20(18-8-6-10-31-18)19(22(27)24(25)28)21(26)17-13-15(3)12-16(4)23(17)29-5/h6,8,10,12-14,20,26H,7,9,11H2,1-5H3/b21-19-. The number of carbonyl (C=O) groups is 2. The predicted molar refractivity (Wildman–Crippen MR) is 116 cm³/mol. The summed E-state index contributed by atoms with van der Waals surface area (Å²) in [6.45, 7) is 8.37. The van der Waals surface area contributed by atoms with Gasteiger partial charge in [0, 0.05) is 13.2 Å². The van der Waals surface area contributed by atoms with Crippen LogP contribution < -0.4 is 4.74 Å². The van der Waals surface area contributed by atoms with Crippen LogP contribution in [0.2, 0.25) is 0 Å². The van der Waals surface area contributed by atoms with Gasteiger partial charge in [-0.1, -0.05) is 6.07 Å². The molecule has 1 aliphatic rings. The Morgan fingerprint density at radius 3 is 2.61 bits per heavy atom. The van der Waals surface area contributed by atoms with Crippen molar-refractivity contribution in [3.63, 3.8) is 0 Å². The quantitative estimate of drug-likeness (QED) is 0.295. The van der Waals surface area contributed by atoms with Crippen LogP contribution in [0.15, 0.2) is 40.5 Å². The van der Waals surface area contributed by atoms with E-state index in [0.717, 1.165) is 11.1 Å². The fourth-order valence-electron chi connectivity index (χ4n) is 3.95. The number of amides is 1. The topological polar surface area (TPSA) is 89.2 Å². The molecule has 166 valence electrons. The first-order chi connectivity index (χ1) is 14.8. The van der Waals surface area contributed by atoms with E-state index in [-0.39, 0.29) is 17.4 Å². The van der Waals surface area contributed by atoms with Gasteiger partial charge in [0.1, 0.15) is 23.3 Å². The number of benzene rings is 1. The number of ketones is 1. The zero-order valence-electron chi connectivity index (χ0n) is 18.6. The molecule has 1 fully saturated rings. The monoisotopic (exact) mass is 427 g/mol. The maximum absolute atomic E-state index is 13.0. The van der Waals surface area contributed by atoms with Crippen LogP contribution in [-0.2, 0) is 14.3 Å². The van der Waals surface area contributed by atoms with Crippen LogP contribution in [0, 0.1) is 13.8 Å². The number of carbonyl (C=O) groups excluding carboxylic acids is 2. The molecule has 1 atom stereocenters. The average molecular weight is 427 g/mol. The molecule has 1 aromatic carbocycles. The number of Topliss-reactive ketones (excluding diaryl/α,β-unsaturated/α-hetero) is 1. The third-order valence-corrected chi connectivity index (χ3v) is 5.23. The number of likely N-dealkylation sites (tertiary alicyclic amines) is 1. The van der Waals surface area contributed by atoms with Gasteiger partial charge in [0.05, 0.1) is 30.6 Å². The molecule has 1 aromatic heterocycles. The SMILES string of the molecule is COc1c(C)cc(C)cc1/C(O)=C1/C(=O)C(=O)N(CCCOC(C)C)C1c1ccco1. The van der Waals surface area contributed by atoms with Gasteiger partial charge in [-0.2, -0.15) is 0 Å². The van der Waals surface area contributed by atoms with E-state index in [2.05, 4.69) is 0 Å². The third-order valence-electron chi connectivity index (χ3n) is 5.23. The Balaban J connectivity index is 2.08. The van der Waals surface area contributed by atoms with Gasteiger partial charge in [0.2, 0.25) is 0 Å². The van der Waals surface area contributed by atoms with Crippen molar-refractivity contribution in [3.8, 4) is 5.75 Å². The first-order valence-electron chi connectivity index (χ1n) is 10.3. The molecule has 7 nitrogen and oxygen atoms in total. The van der Waals surface area contributed by atoms with Crippen molar-refractivity contribution < 1.29 is 28.6 Å². The van der Waals surface area contributed by atoms with E-state index in [9.17, 15) is 14.7 Å². The van der Waals surface area contributed by atoms with E-state index >= 15 is 0 Å². The zero-order valence-corrected chi connectivity index (χ0v) is 18.6. The summed E-state index contributed by atoms with van der Waals surface area (Å²) in [5.74, 6) is -0.822. The molecule has 1 amide bonds. The minimum absolute atomic E-state index is 0.00646. The molecule has 3 rings (SSSR count). The molecule has 0 saturated carbocycles. The van der Waals surface area contributed by atoms with E-state index in [0.29, 0.717) is 36.6 Å². The molecule has 2 heterocycles. The summed E-state index contributed by atoms with van der Waals surface area (Å²) in [4.78, 5) is 27.4. The number of methoxy groups -OCH3 is 1. The molecule has 1 unspecified atom stereocenters. The van der Waals surface area contributed by atoms with E-state index in [1.165, 1.54) is 18.3 Å². The number of nitrogens with zero attached hydrogens (tertiary/aromatic N) is 1. The molecule has 7 heteroatoms. The van der Waals surface area contributed by atoms with Crippen molar-refractivity contribution >= 4 is 17.4 Å². The van der Waals surface area contributed by atoms with Gasteiger partial charge >= 0.3 is 0 Å². The molecule has 0 radical (unpaired) electrons. The average Bonchev–Trinajstić information content (AvgIpc) is 3.32. The number of aliphatic hydroxyl groups is 1. The Morgan fingerprint density at radius 1 is 1.26 bits per heavy atom. The van der Waals surface area contributed by atoms with Crippen LogP contribution in [0.5, 0.6) is 5.75 Å². The number of furan rings is 1. The Labute approximate surface area is 182 Å². The second kappa shape index (κ2) is 9.39. The lowest BCUT2D eigenvalue weighted by molar-refractivity contribution is -0.140. The summed E-state index contributed by atoms with van der Waals surface area (Å²) in [6, 6.07) is 6.23. The van der Waals surface area contributed by atoms with Crippen molar-refractivity contribution in [2.24, 2.45) is 0 Å². The summed E-state index contributed by atoms with van der Waals surface area (Å²) in [5, 5.41) is 11.2. The number of rotatable bonds is 8. The highest BCUT2D eigenvalue weighted by molar-refractivity contribution is 6.46. The van der Waals surface area contributed by atoms with E-state index < -0.39 is 17.7 Å². The molecule has 1 saturated heterocycles. The summed E-state index contributed by atoms with van der Waals surface area (Å²) in [6.07, 6.45) is 2.11. The summed E-state index contributed by atoms with van der Waals surface area (Å²) in [5.41, 5.74) is 2.08. The van der Waals surface area contributed by atoms with Crippen LogP contribution in [0.25, 0.3) is 5.76 Å². The lowest BCUT2D eigenvalue weighted by Crippen LogP contribution is -2.31. The van der Waals surface area contributed by atoms with E-state index in [1.54, 1.807) is 18.2 Å². The molecule has 31 heavy (non-hydrogen) atoms. The van der Waals surface area contributed by atoms with E-state index in [1.807, 2.05) is 33.8 Å². The van der Waals surface area contributed by atoms with Gasteiger partial charge < -0.3 is 23.9 Å². The number of ether oxygens (including phenoxy) is 2. The van der Waals surface area contributed by atoms with Gasteiger partial charge in [-0.15, -0.1) is 0 Å². The molecule has 0 bridgehead atoms. The van der Waals surface area contributed by atoms with Crippen molar-refractivity contribution in [1.82, 2.24) is 4.90 Å². The predicted octanol–water partition coefficient (Wildman–Crippen LogP) is 4.14. The van der Waals surface area contributed by atoms with Gasteiger partial charge in [0.25, 0.3) is 11.7 Å². The molecular formula is C24H29NO6. The minimum atomic E-state index is -0.820. The highest BCUT2D eigenvalue weighted by Crippen LogP contribution is 2.41. The lowest BCUT2D eigenvalue weighted by Gasteiger charge is -2.23. The molecule has 1 N–H and O–H groups in total. The van der Waals surface area contributed by atoms with Crippen LogP contribution >= 0.6 is 0 Å². The van der Waals surface area contributed by atoms with Gasteiger partial charge in [-0.3, -0.25) is 9.59 Å². The van der Waals surface area contributed by atoms with Gasteiger partial charge in [0.15, 0.2) is 0 Å². The zero-order chi connectivity index (χ0) is 22.7. The number of hydrogen-bond acceptors (Lipinski definition) is 6. The van der Waals surface area contributed by atoms with Gasteiger partial charge in [-0.25, -0.2) is 0 Å². The van der Waals surface area contributed by atoms with Crippen molar-refractivity contribution in [2.45, 2.75) is 46.3 Å². The first kappa shape index (κ1) is 22.6. The normalized spacial score (nSPS) is 18.3. The minimum Gasteiger partial charge on any atom is -0.507 e. The molecule has 0 aliphatic carbocycles. The van der Waals surface area contributed by atoms with Crippen LogP contribution in [-0.4, -0.2) is 48.1 Å². The Bertz CT molecular complexity index is 990. The van der Waals surface area contributed by atoms with Crippen molar-refractivity contribution in [3.05, 3.63) is 58.6 Å². The fourth-order valence-corrected chi connectivity index (χ4v) is 3.95. The van der Waals surface area contributed by atoms with Crippen LogP contribution in [0.1, 0.15) is 48.8 Å². The smallest absolute Gasteiger partial charge is 0.295 e. The van der Waals surface area contributed by atoms with Crippen LogP contribution in [0.3, 0.4) is 0 Å². The molecule has 2 aromatic rings. The number of aryl methyl sites for hydroxylation is 2. The first-order valence-corrected chi connectivity index (χ1v) is 10.3. The second-order valence-electron chi connectivity index (χ2n) is 7.94. The van der Waals surface area contributed by atoms with E-state index in [4.69, 9.17) is 13.9 Å². The Kier molecular flexibility index (Phi) is 6.85. The summed E-state index contributed by atoms with van der Waals surface area (Å²) in [7, 11) is 1.51.